The monoisotopic (exact) mass is 290 g/mol. The minimum absolute atomic E-state index is 0.255. The van der Waals surface area contributed by atoms with E-state index >= 15 is 0 Å². The second-order valence-electron chi connectivity index (χ2n) is 4.35. The number of benzene rings is 1. The van der Waals surface area contributed by atoms with Crippen molar-refractivity contribution in [2.24, 2.45) is 0 Å². The van der Waals surface area contributed by atoms with Crippen LogP contribution in [0.4, 0.5) is 4.79 Å². The Morgan fingerprint density at radius 3 is 2.70 bits per heavy atom. The summed E-state index contributed by atoms with van der Waals surface area (Å²) in [6, 6.07) is 13.2. The number of ether oxygens (including phenoxy) is 1. The van der Waals surface area contributed by atoms with E-state index in [1.807, 2.05) is 36.4 Å². The molecular formula is C15H15ClN2O2. The molecule has 0 unspecified atom stereocenters. The van der Waals surface area contributed by atoms with Crippen molar-refractivity contribution in [1.29, 1.82) is 0 Å². The number of halogens is 1. The van der Waals surface area contributed by atoms with Gasteiger partial charge in [0.05, 0.1) is 6.54 Å². The quantitative estimate of drug-likeness (QED) is 0.809. The summed E-state index contributed by atoms with van der Waals surface area (Å²) >= 11 is 5.96. The predicted molar refractivity (Wildman–Crippen MR) is 77.3 cm³/mol. The molecule has 5 heteroatoms. The highest BCUT2D eigenvalue weighted by Crippen LogP contribution is 2.14. The maximum Gasteiger partial charge on any atom is 0.410 e. The molecule has 0 radical (unpaired) electrons. The zero-order chi connectivity index (χ0) is 14.4. The SMILES string of the molecule is CN(Cc1cccnc1Cl)C(=O)OCc1ccccc1. The first-order valence-electron chi connectivity index (χ1n) is 6.18. The first-order valence-corrected chi connectivity index (χ1v) is 6.56. The zero-order valence-electron chi connectivity index (χ0n) is 11.1. The number of aromatic nitrogens is 1. The maximum atomic E-state index is 11.9. The molecule has 0 aliphatic heterocycles. The minimum Gasteiger partial charge on any atom is -0.445 e. The van der Waals surface area contributed by atoms with Gasteiger partial charge in [0.15, 0.2) is 0 Å². The van der Waals surface area contributed by atoms with E-state index in [1.165, 1.54) is 4.90 Å². The Morgan fingerprint density at radius 1 is 1.25 bits per heavy atom. The van der Waals surface area contributed by atoms with Crippen molar-refractivity contribution < 1.29 is 9.53 Å². The Balaban J connectivity index is 1.88. The molecule has 0 aliphatic rings. The highest BCUT2D eigenvalue weighted by Gasteiger charge is 2.12. The molecule has 1 aromatic carbocycles. The second-order valence-corrected chi connectivity index (χ2v) is 4.71. The van der Waals surface area contributed by atoms with Gasteiger partial charge in [-0.1, -0.05) is 48.0 Å². The number of carbonyl (C=O) groups is 1. The van der Waals surface area contributed by atoms with Crippen LogP contribution in [0.25, 0.3) is 0 Å². The fourth-order valence-electron chi connectivity index (χ4n) is 1.69. The largest absolute Gasteiger partial charge is 0.445 e. The molecule has 0 aliphatic carbocycles. The van der Waals surface area contributed by atoms with Crippen molar-refractivity contribution in [3.05, 3.63) is 64.9 Å². The van der Waals surface area contributed by atoms with Crippen molar-refractivity contribution in [2.45, 2.75) is 13.2 Å². The van der Waals surface area contributed by atoms with Gasteiger partial charge in [-0.15, -0.1) is 0 Å². The topological polar surface area (TPSA) is 42.4 Å². The second kappa shape index (κ2) is 6.91. The van der Waals surface area contributed by atoms with E-state index in [9.17, 15) is 4.79 Å². The van der Waals surface area contributed by atoms with Crippen LogP contribution in [0.15, 0.2) is 48.7 Å². The van der Waals surface area contributed by atoms with Crippen LogP contribution in [0.2, 0.25) is 5.15 Å². The smallest absolute Gasteiger partial charge is 0.410 e. The molecule has 0 saturated carbocycles. The van der Waals surface area contributed by atoms with Crippen molar-refractivity contribution >= 4 is 17.7 Å². The number of hydrogen-bond donors (Lipinski definition) is 0. The van der Waals surface area contributed by atoms with Gasteiger partial charge >= 0.3 is 6.09 Å². The van der Waals surface area contributed by atoms with E-state index in [4.69, 9.17) is 16.3 Å². The summed E-state index contributed by atoms with van der Waals surface area (Å²) in [7, 11) is 1.66. The van der Waals surface area contributed by atoms with Gasteiger partial charge < -0.3 is 9.64 Å². The lowest BCUT2D eigenvalue weighted by molar-refractivity contribution is 0.103. The average molecular weight is 291 g/mol. The first kappa shape index (κ1) is 14.3. The predicted octanol–water partition coefficient (Wildman–Crippen LogP) is 3.50. The van der Waals surface area contributed by atoms with Crippen LogP contribution in [0.3, 0.4) is 0 Å². The van der Waals surface area contributed by atoms with Crippen LogP contribution in [-0.4, -0.2) is 23.0 Å². The van der Waals surface area contributed by atoms with E-state index in [1.54, 1.807) is 19.3 Å². The Morgan fingerprint density at radius 2 is 2.00 bits per heavy atom. The molecule has 0 atom stereocenters. The molecule has 0 fully saturated rings. The van der Waals surface area contributed by atoms with E-state index in [0.717, 1.165) is 11.1 Å². The average Bonchev–Trinajstić information content (AvgIpc) is 2.48. The van der Waals surface area contributed by atoms with E-state index < -0.39 is 6.09 Å². The van der Waals surface area contributed by atoms with Gasteiger partial charge in [0.2, 0.25) is 0 Å². The van der Waals surface area contributed by atoms with E-state index in [-0.39, 0.29) is 6.61 Å². The van der Waals surface area contributed by atoms with Crippen LogP contribution in [-0.2, 0) is 17.9 Å². The summed E-state index contributed by atoms with van der Waals surface area (Å²) in [5.41, 5.74) is 1.74. The minimum atomic E-state index is -0.395. The molecule has 0 N–H and O–H groups in total. The van der Waals surface area contributed by atoms with Gasteiger partial charge in [-0.25, -0.2) is 9.78 Å². The molecule has 1 heterocycles. The summed E-state index contributed by atoms with van der Waals surface area (Å²) in [5.74, 6) is 0. The third-order valence-electron chi connectivity index (χ3n) is 2.76. The van der Waals surface area contributed by atoms with Crippen LogP contribution in [0.5, 0.6) is 0 Å². The lowest BCUT2D eigenvalue weighted by atomic mass is 10.2. The van der Waals surface area contributed by atoms with Crippen LogP contribution >= 0.6 is 11.6 Å². The van der Waals surface area contributed by atoms with Crippen molar-refractivity contribution in [2.75, 3.05) is 7.05 Å². The number of amides is 1. The summed E-state index contributed by atoms with van der Waals surface area (Å²) in [4.78, 5) is 17.3. The maximum absolute atomic E-state index is 11.9. The number of rotatable bonds is 4. The highest BCUT2D eigenvalue weighted by atomic mass is 35.5. The fourth-order valence-corrected chi connectivity index (χ4v) is 1.87. The number of pyridine rings is 1. The molecule has 1 amide bonds. The molecule has 2 rings (SSSR count). The molecule has 20 heavy (non-hydrogen) atoms. The summed E-state index contributed by atoms with van der Waals surface area (Å²) in [5, 5.41) is 0.398. The van der Waals surface area contributed by atoms with Gasteiger partial charge in [-0.2, -0.15) is 0 Å². The lowest BCUT2D eigenvalue weighted by Gasteiger charge is -2.17. The van der Waals surface area contributed by atoms with Crippen LogP contribution in [0.1, 0.15) is 11.1 Å². The number of hydrogen-bond acceptors (Lipinski definition) is 3. The normalized spacial score (nSPS) is 10.1. The van der Waals surface area contributed by atoms with Gasteiger partial charge in [-0.05, 0) is 11.6 Å². The third kappa shape index (κ3) is 3.96. The molecule has 2 aromatic rings. The summed E-state index contributed by atoms with van der Waals surface area (Å²) in [6.45, 7) is 0.616. The first-order chi connectivity index (χ1) is 9.66. The standard InChI is InChI=1S/C15H15ClN2O2/c1-18(10-13-8-5-9-17-14(13)16)15(19)20-11-12-6-3-2-4-7-12/h2-9H,10-11H2,1H3. The van der Waals surface area contributed by atoms with Gasteiger partial charge in [0.1, 0.15) is 11.8 Å². The molecule has 0 saturated heterocycles. The molecule has 104 valence electrons. The molecular weight excluding hydrogens is 276 g/mol. The van der Waals surface area contributed by atoms with Crippen LogP contribution in [0, 0.1) is 0 Å². The Hall–Kier alpha value is -2.07. The van der Waals surface area contributed by atoms with Crippen molar-refractivity contribution in [1.82, 2.24) is 9.88 Å². The summed E-state index contributed by atoms with van der Waals surface area (Å²) < 4.78 is 5.23. The van der Waals surface area contributed by atoms with Gasteiger partial charge in [-0.3, -0.25) is 0 Å². The third-order valence-corrected chi connectivity index (χ3v) is 3.10. The Kier molecular flexibility index (Phi) is 4.96. The summed E-state index contributed by atoms with van der Waals surface area (Å²) in [6.07, 6.45) is 1.22. The fraction of sp³-hybridized carbons (Fsp3) is 0.200. The molecule has 1 aromatic heterocycles. The molecule has 0 spiro atoms. The Bertz CT molecular complexity index is 575. The highest BCUT2D eigenvalue weighted by molar-refractivity contribution is 6.30. The van der Waals surface area contributed by atoms with Crippen LogP contribution < -0.4 is 0 Å². The van der Waals surface area contributed by atoms with E-state index in [0.29, 0.717) is 11.7 Å². The molecule has 0 bridgehead atoms. The zero-order valence-corrected chi connectivity index (χ0v) is 11.9. The lowest BCUT2D eigenvalue weighted by Crippen LogP contribution is -2.27. The van der Waals surface area contributed by atoms with E-state index in [2.05, 4.69) is 4.98 Å². The Labute approximate surface area is 123 Å². The molecule has 4 nitrogen and oxygen atoms in total. The number of nitrogens with zero attached hydrogens (tertiary/aromatic N) is 2. The van der Waals surface area contributed by atoms with Crippen molar-refractivity contribution in [3.63, 3.8) is 0 Å². The van der Waals surface area contributed by atoms with Gasteiger partial charge in [0, 0.05) is 18.8 Å². The van der Waals surface area contributed by atoms with Crippen molar-refractivity contribution in [3.8, 4) is 0 Å². The number of carbonyl (C=O) groups excluding carboxylic acids is 1. The van der Waals surface area contributed by atoms with Gasteiger partial charge in [0.25, 0.3) is 0 Å².